The van der Waals surface area contributed by atoms with E-state index in [0.717, 1.165) is 12.1 Å². The molecule has 0 unspecified atom stereocenters. The second-order valence-corrected chi connectivity index (χ2v) is 6.84. The summed E-state index contributed by atoms with van der Waals surface area (Å²) in [5, 5.41) is 4.71. The van der Waals surface area contributed by atoms with Crippen LogP contribution in [0.25, 0.3) is 11.3 Å². The van der Waals surface area contributed by atoms with Gasteiger partial charge in [0.1, 0.15) is 11.5 Å². The van der Waals surface area contributed by atoms with Crippen LogP contribution < -0.4 is 5.43 Å². The molecule has 0 atom stereocenters. The molecule has 3 aromatic rings. The molecule has 0 saturated heterocycles. The molecule has 9 heteroatoms. The molecule has 1 amide bonds. The van der Waals surface area contributed by atoms with Crippen molar-refractivity contribution in [3.63, 3.8) is 0 Å². The lowest BCUT2D eigenvalue weighted by Crippen LogP contribution is -2.20. The molecular weight excluding hydrogens is 428 g/mol. The van der Waals surface area contributed by atoms with Gasteiger partial charge in [0.05, 0.1) is 23.2 Å². The fourth-order valence-corrected chi connectivity index (χ4v) is 2.89. The smallest absolute Gasteiger partial charge is 0.416 e. The number of carbonyl (C=O) groups is 1. The van der Waals surface area contributed by atoms with Gasteiger partial charge in [0, 0.05) is 10.6 Å². The average molecular weight is 441 g/mol. The Bertz CT molecular complexity index is 1060. The molecule has 0 aliphatic rings. The van der Waals surface area contributed by atoms with Gasteiger partial charge in [-0.3, -0.25) is 4.79 Å². The molecule has 29 heavy (non-hydrogen) atoms. The third-order valence-electron chi connectivity index (χ3n) is 3.82. The highest BCUT2D eigenvalue weighted by Crippen LogP contribution is 2.31. The quantitative estimate of drug-likeness (QED) is 0.392. The zero-order valence-electron chi connectivity index (χ0n) is 14.6. The van der Waals surface area contributed by atoms with Crippen LogP contribution in [0.3, 0.4) is 0 Å². The van der Waals surface area contributed by atoms with Crippen molar-refractivity contribution < 1.29 is 22.4 Å². The standard InChI is InChI=1S/C20H13Cl2F3N2O2/c21-14-4-6-17(22)16(10-14)18-7-5-15(29-18)11-26-27-19(28)9-12-2-1-3-13(8-12)20(23,24)25/h1-8,10-11H,9H2,(H,27,28)/b26-11+. The molecule has 150 valence electrons. The molecule has 1 heterocycles. The number of nitrogens with one attached hydrogen (secondary N) is 1. The molecule has 0 radical (unpaired) electrons. The van der Waals surface area contributed by atoms with Gasteiger partial charge in [-0.1, -0.05) is 41.4 Å². The van der Waals surface area contributed by atoms with E-state index in [1.807, 2.05) is 0 Å². The van der Waals surface area contributed by atoms with Gasteiger partial charge in [0.25, 0.3) is 0 Å². The van der Waals surface area contributed by atoms with Gasteiger partial charge in [-0.2, -0.15) is 18.3 Å². The van der Waals surface area contributed by atoms with E-state index in [1.165, 1.54) is 18.3 Å². The second-order valence-electron chi connectivity index (χ2n) is 5.99. The Labute approximate surface area is 173 Å². The minimum atomic E-state index is -4.46. The minimum absolute atomic E-state index is 0.225. The van der Waals surface area contributed by atoms with Crippen LogP contribution in [0, 0.1) is 0 Å². The van der Waals surface area contributed by atoms with E-state index in [1.54, 1.807) is 30.3 Å². The van der Waals surface area contributed by atoms with Crippen LogP contribution in [0.1, 0.15) is 16.9 Å². The number of hydrazone groups is 1. The number of hydrogen-bond donors (Lipinski definition) is 1. The van der Waals surface area contributed by atoms with Crippen molar-refractivity contribution in [3.05, 3.63) is 81.5 Å². The third kappa shape index (κ3) is 5.62. The summed E-state index contributed by atoms with van der Waals surface area (Å²) >= 11 is 12.1. The van der Waals surface area contributed by atoms with Crippen LogP contribution >= 0.6 is 23.2 Å². The van der Waals surface area contributed by atoms with Crippen molar-refractivity contribution in [2.24, 2.45) is 5.10 Å². The first-order valence-corrected chi connectivity index (χ1v) is 9.01. The van der Waals surface area contributed by atoms with Crippen LogP contribution in [0.5, 0.6) is 0 Å². The molecule has 2 aromatic carbocycles. The average Bonchev–Trinajstić information content (AvgIpc) is 3.12. The third-order valence-corrected chi connectivity index (χ3v) is 4.39. The minimum Gasteiger partial charge on any atom is -0.455 e. The second kappa shape index (κ2) is 8.71. The summed E-state index contributed by atoms with van der Waals surface area (Å²) in [6.07, 6.45) is -3.44. The van der Waals surface area contributed by atoms with Gasteiger partial charge < -0.3 is 4.42 Å². The van der Waals surface area contributed by atoms with Gasteiger partial charge in [0.2, 0.25) is 5.91 Å². The largest absolute Gasteiger partial charge is 0.455 e. The van der Waals surface area contributed by atoms with E-state index in [9.17, 15) is 18.0 Å². The highest BCUT2D eigenvalue weighted by Gasteiger charge is 2.30. The van der Waals surface area contributed by atoms with E-state index in [-0.39, 0.29) is 12.0 Å². The number of hydrogen-bond acceptors (Lipinski definition) is 3. The molecule has 0 saturated carbocycles. The maximum atomic E-state index is 12.7. The number of alkyl halides is 3. The first-order chi connectivity index (χ1) is 13.7. The van der Waals surface area contributed by atoms with Gasteiger partial charge in [-0.15, -0.1) is 0 Å². The van der Waals surface area contributed by atoms with Crippen molar-refractivity contribution in [2.45, 2.75) is 12.6 Å². The molecule has 3 rings (SSSR count). The Morgan fingerprint density at radius 2 is 1.90 bits per heavy atom. The number of amides is 1. The SMILES string of the molecule is O=C(Cc1cccc(C(F)(F)F)c1)N/N=C/c1ccc(-c2cc(Cl)ccc2Cl)o1. The lowest BCUT2D eigenvalue weighted by molar-refractivity contribution is -0.137. The monoisotopic (exact) mass is 440 g/mol. The maximum absolute atomic E-state index is 12.7. The van der Waals surface area contributed by atoms with Gasteiger partial charge in [-0.25, -0.2) is 5.43 Å². The Morgan fingerprint density at radius 3 is 2.66 bits per heavy atom. The van der Waals surface area contributed by atoms with Gasteiger partial charge >= 0.3 is 6.18 Å². The normalized spacial score (nSPS) is 11.8. The number of rotatable bonds is 5. The first-order valence-electron chi connectivity index (χ1n) is 8.25. The lowest BCUT2D eigenvalue weighted by atomic mass is 10.1. The number of halogens is 5. The van der Waals surface area contributed by atoms with Crippen molar-refractivity contribution in [1.82, 2.24) is 5.43 Å². The molecule has 0 bridgehead atoms. The fraction of sp³-hybridized carbons (Fsp3) is 0.100. The molecule has 0 fully saturated rings. The van der Waals surface area contributed by atoms with Crippen LogP contribution in [0.2, 0.25) is 10.0 Å². The van der Waals surface area contributed by atoms with Gasteiger partial charge in [-0.05, 0) is 42.0 Å². The van der Waals surface area contributed by atoms with E-state index in [4.69, 9.17) is 27.6 Å². The van der Waals surface area contributed by atoms with Crippen LogP contribution in [-0.4, -0.2) is 12.1 Å². The summed E-state index contributed by atoms with van der Waals surface area (Å²) in [7, 11) is 0. The summed E-state index contributed by atoms with van der Waals surface area (Å²) in [5.41, 5.74) is 2.27. The topological polar surface area (TPSA) is 54.6 Å². The number of carbonyl (C=O) groups excluding carboxylic acids is 1. The van der Waals surface area contributed by atoms with Crippen LogP contribution in [0.4, 0.5) is 13.2 Å². The van der Waals surface area contributed by atoms with Crippen molar-refractivity contribution in [1.29, 1.82) is 0 Å². The van der Waals surface area contributed by atoms with Gasteiger partial charge in [0.15, 0.2) is 0 Å². The van der Waals surface area contributed by atoms with E-state index < -0.39 is 17.6 Å². The molecule has 0 spiro atoms. The molecule has 0 aliphatic carbocycles. The maximum Gasteiger partial charge on any atom is 0.416 e. The summed E-state index contributed by atoms with van der Waals surface area (Å²) in [6.45, 7) is 0. The van der Waals surface area contributed by atoms with Crippen molar-refractivity contribution in [3.8, 4) is 11.3 Å². The number of nitrogens with zero attached hydrogens (tertiary/aromatic N) is 1. The zero-order chi connectivity index (χ0) is 21.0. The lowest BCUT2D eigenvalue weighted by Gasteiger charge is -2.08. The van der Waals surface area contributed by atoms with Crippen molar-refractivity contribution in [2.75, 3.05) is 0 Å². The molecule has 1 aromatic heterocycles. The first kappa shape index (κ1) is 21.0. The summed E-state index contributed by atoms with van der Waals surface area (Å²) in [6, 6.07) is 12.8. The summed E-state index contributed by atoms with van der Waals surface area (Å²) in [5.74, 6) is 0.245. The van der Waals surface area contributed by atoms with Crippen LogP contribution in [-0.2, 0) is 17.4 Å². The summed E-state index contributed by atoms with van der Waals surface area (Å²) < 4.78 is 43.7. The molecular formula is C20H13Cl2F3N2O2. The Hall–Kier alpha value is -2.77. The van der Waals surface area contributed by atoms with E-state index in [0.29, 0.717) is 27.1 Å². The molecule has 4 nitrogen and oxygen atoms in total. The van der Waals surface area contributed by atoms with Crippen LogP contribution in [0.15, 0.2) is 64.1 Å². The predicted octanol–water partition coefficient (Wildman–Crippen LogP) is 5.97. The molecule has 1 N–H and O–H groups in total. The number of furan rings is 1. The zero-order valence-corrected chi connectivity index (χ0v) is 16.1. The highest BCUT2D eigenvalue weighted by atomic mass is 35.5. The predicted molar refractivity (Wildman–Crippen MR) is 105 cm³/mol. The number of benzene rings is 2. The van der Waals surface area contributed by atoms with E-state index >= 15 is 0 Å². The molecule has 0 aliphatic heterocycles. The Kier molecular flexibility index (Phi) is 6.30. The summed E-state index contributed by atoms with van der Waals surface area (Å²) in [4.78, 5) is 11.9. The van der Waals surface area contributed by atoms with Crippen molar-refractivity contribution >= 4 is 35.3 Å². The van der Waals surface area contributed by atoms with E-state index in [2.05, 4.69) is 10.5 Å². The Balaban J connectivity index is 1.61. The fourth-order valence-electron chi connectivity index (χ4n) is 2.50. The highest BCUT2D eigenvalue weighted by molar-refractivity contribution is 6.35. The Morgan fingerprint density at radius 1 is 1.10 bits per heavy atom.